The number of nitrogen functional groups attached to an aromatic ring is 1. The summed E-state index contributed by atoms with van der Waals surface area (Å²) in [5.41, 5.74) is 5.71. The average molecular weight is 319 g/mol. The van der Waals surface area contributed by atoms with Crippen LogP contribution < -0.4 is 11.1 Å². The molecule has 2 rings (SSSR count). The van der Waals surface area contributed by atoms with Crippen molar-refractivity contribution in [3.05, 3.63) is 35.4 Å². The van der Waals surface area contributed by atoms with Crippen molar-refractivity contribution in [2.75, 3.05) is 17.3 Å². The van der Waals surface area contributed by atoms with Gasteiger partial charge in [-0.15, -0.1) is 0 Å². The van der Waals surface area contributed by atoms with Crippen LogP contribution in [-0.4, -0.2) is 19.0 Å². The molecule has 0 fully saturated rings. The minimum absolute atomic E-state index is 0.00370. The Morgan fingerprint density at radius 1 is 1.40 bits per heavy atom. The molecule has 108 valence electrons. The minimum atomic E-state index is -3.54. The van der Waals surface area contributed by atoms with E-state index in [1.54, 1.807) is 0 Å². The molecule has 0 aliphatic heterocycles. The molecule has 20 heavy (non-hydrogen) atoms. The summed E-state index contributed by atoms with van der Waals surface area (Å²) in [6.07, 6.45) is 1.01. The van der Waals surface area contributed by atoms with E-state index in [4.69, 9.17) is 5.73 Å². The lowest BCUT2D eigenvalue weighted by atomic mass is 10.2. The largest absolute Gasteiger partial charge is 0.382 e. The first-order valence-electron chi connectivity index (χ1n) is 5.42. The molecule has 0 saturated heterocycles. The quantitative estimate of drug-likeness (QED) is 0.900. The number of benzene rings is 1. The van der Waals surface area contributed by atoms with Crippen LogP contribution in [0.25, 0.3) is 0 Å². The molecule has 5 nitrogen and oxygen atoms in total. The number of sulfone groups is 1. The van der Waals surface area contributed by atoms with Crippen LogP contribution in [0.1, 0.15) is 5.56 Å². The molecule has 0 unspecified atom stereocenters. The fraction of sp³-hybridized carbons (Fsp3) is 0.182. The smallest absolute Gasteiger partial charge is 0.182 e. The van der Waals surface area contributed by atoms with E-state index in [2.05, 4.69) is 9.69 Å². The van der Waals surface area contributed by atoms with Crippen LogP contribution in [0.15, 0.2) is 23.1 Å². The number of halogens is 2. The third kappa shape index (κ3) is 3.05. The normalized spacial score (nSPS) is 11.6. The van der Waals surface area contributed by atoms with E-state index < -0.39 is 21.5 Å². The Kier molecular flexibility index (Phi) is 3.91. The van der Waals surface area contributed by atoms with Gasteiger partial charge in [-0.3, -0.25) is 0 Å². The van der Waals surface area contributed by atoms with Crippen molar-refractivity contribution in [1.82, 2.24) is 4.37 Å². The van der Waals surface area contributed by atoms with Gasteiger partial charge in [-0.05, 0) is 17.6 Å². The molecule has 3 N–H and O–H groups in total. The van der Waals surface area contributed by atoms with Gasteiger partial charge in [0.1, 0.15) is 21.5 Å². The second-order valence-corrected chi connectivity index (χ2v) is 6.81. The molecule has 0 spiro atoms. The zero-order chi connectivity index (χ0) is 14.9. The number of nitrogens with one attached hydrogen (secondary N) is 1. The molecule has 1 aromatic carbocycles. The number of nitrogens with zero attached hydrogens (tertiary/aromatic N) is 1. The molecule has 0 saturated carbocycles. The summed E-state index contributed by atoms with van der Waals surface area (Å²) < 4.78 is 53.1. The van der Waals surface area contributed by atoms with Crippen molar-refractivity contribution in [2.24, 2.45) is 0 Å². The highest BCUT2D eigenvalue weighted by molar-refractivity contribution is 7.91. The van der Waals surface area contributed by atoms with Gasteiger partial charge in [-0.1, -0.05) is 6.07 Å². The number of anilines is 2. The van der Waals surface area contributed by atoms with Crippen molar-refractivity contribution in [3.63, 3.8) is 0 Å². The summed E-state index contributed by atoms with van der Waals surface area (Å²) in [7, 11) is -3.54. The first-order chi connectivity index (χ1) is 9.29. The van der Waals surface area contributed by atoms with Crippen LogP contribution in [-0.2, 0) is 16.4 Å². The number of aromatic nitrogens is 1. The third-order valence-corrected chi connectivity index (χ3v) is 4.60. The Hall–Kier alpha value is -1.74. The van der Waals surface area contributed by atoms with Gasteiger partial charge >= 0.3 is 0 Å². The molecule has 1 aromatic heterocycles. The standard InChI is InChI=1S/C11H11F2N3O2S2/c1-20(17,18)9-10(14)16-19-11(9)15-5-6-2-3-7(12)4-8(6)13/h2-4,15H,5H2,1H3,(H2,14,16). The topological polar surface area (TPSA) is 85.1 Å². The molecule has 0 amide bonds. The second-order valence-electron chi connectivity index (χ2n) is 4.09. The van der Waals surface area contributed by atoms with Crippen molar-refractivity contribution < 1.29 is 17.2 Å². The average Bonchev–Trinajstić information content (AvgIpc) is 2.69. The van der Waals surface area contributed by atoms with E-state index in [0.29, 0.717) is 0 Å². The first kappa shape index (κ1) is 14.7. The van der Waals surface area contributed by atoms with Crippen molar-refractivity contribution in [2.45, 2.75) is 11.4 Å². The van der Waals surface area contributed by atoms with Crippen molar-refractivity contribution in [1.29, 1.82) is 0 Å². The second kappa shape index (κ2) is 5.33. The molecule has 9 heteroatoms. The summed E-state index contributed by atoms with van der Waals surface area (Å²) >= 11 is 0.869. The van der Waals surface area contributed by atoms with Crippen LogP contribution >= 0.6 is 11.5 Å². The molecule has 0 aliphatic rings. The van der Waals surface area contributed by atoms with E-state index in [1.165, 1.54) is 6.07 Å². The number of nitrogens with two attached hydrogens (primary N) is 1. The zero-order valence-electron chi connectivity index (χ0n) is 10.4. The van der Waals surface area contributed by atoms with Crippen LogP contribution in [0.4, 0.5) is 19.6 Å². The van der Waals surface area contributed by atoms with Gasteiger partial charge in [0, 0.05) is 24.4 Å². The predicted octanol–water partition coefficient (Wildman–Crippen LogP) is 2.02. The number of rotatable bonds is 4. The van der Waals surface area contributed by atoms with E-state index in [0.717, 1.165) is 29.9 Å². The molecular weight excluding hydrogens is 308 g/mol. The molecular formula is C11H11F2N3O2S2. The maximum Gasteiger partial charge on any atom is 0.182 e. The molecule has 0 aliphatic carbocycles. The Balaban J connectivity index is 2.24. The highest BCUT2D eigenvalue weighted by Gasteiger charge is 2.21. The molecule has 2 aromatic rings. The van der Waals surface area contributed by atoms with E-state index in [9.17, 15) is 17.2 Å². The minimum Gasteiger partial charge on any atom is -0.382 e. The van der Waals surface area contributed by atoms with Gasteiger partial charge in [0.05, 0.1) is 0 Å². The van der Waals surface area contributed by atoms with Gasteiger partial charge in [0.2, 0.25) is 0 Å². The Labute approximate surface area is 118 Å². The maximum atomic E-state index is 13.5. The molecule has 0 radical (unpaired) electrons. The Bertz CT molecular complexity index is 744. The lowest BCUT2D eigenvalue weighted by Gasteiger charge is -2.07. The summed E-state index contributed by atoms with van der Waals surface area (Å²) in [4.78, 5) is -0.106. The van der Waals surface area contributed by atoms with Crippen molar-refractivity contribution in [3.8, 4) is 0 Å². The predicted molar refractivity (Wildman–Crippen MR) is 73.3 cm³/mol. The lowest BCUT2D eigenvalue weighted by molar-refractivity contribution is 0.574. The van der Waals surface area contributed by atoms with E-state index in [-0.39, 0.29) is 27.8 Å². The molecule has 0 bridgehead atoms. The highest BCUT2D eigenvalue weighted by Crippen LogP contribution is 2.31. The third-order valence-electron chi connectivity index (χ3n) is 2.50. The summed E-state index contributed by atoms with van der Waals surface area (Å²) in [5, 5.41) is 2.98. The van der Waals surface area contributed by atoms with E-state index >= 15 is 0 Å². The van der Waals surface area contributed by atoms with Crippen molar-refractivity contribution >= 4 is 32.2 Å². The van der Waals surface area contributed by atoms with Gasteiger partial charge < -0.3 is 11.1 Å². The van der Waals surface area contributed by atoms with Crippen LogP contribution in [0, 0.1) is 11.6 Å². The number of hydrogen-bond acceptors (Lipinski definition) is 6. The lowest BCUT2D eigenvalue weighted by Crippen LogP contribution is -2.06. The highest BCUT2D eigenvalue weighted by atomic mass is 32.2. The maximum absolute atomic E-state index is 13.5. The molecule has 1 heterocycles. The fourth-order valence-electron chi connectivity index (χ4n) is 1.61. The summed E-state index contributed by atoms with van der Waals surface area (Å²) in [6.45, 7) is -0.00370. The summed E-state index contributed by atoms with van der Waals surface area (Å²) in [6, 6.07) is 3.16. The Morgan fingerprint density at radius 3 is 2.70 bits per heavy atom. The van der Waals surface area contributed by atoms with Crippen LogP contribution in [0.5, 0.6) is 0 Å². The zero-order valence-corrected chi connectivity index (χ0v) is 12.0. The van der Waals surface area contributed by atoms with Gasteiger partial charge in [-0.25, -0.2) is 17.2 Å². The van der Waals surface area contributed by atoms with E-state index in [1.807, 2.05) is 0 Å². The van der Waals surface area contributed by atoms with Crippen LogP contribution in [0.2, 0.25) is 0 Å². The monoisotopic (exact) mass is 319 g/mol. The number of hydrogen-bond donors (Lipinski definition) is 2. The van der Waals surface area contributed by atoms with Crippen LogP contribution in [0.3, 0.4) is 0 Å². The SMILES string of the molecule is CS(=O)(=O)c1c(N)nsc1NCc1ccc(F)cc1F. The van der Waals surface area contributed by atoms with Gasteiger partial charge in [-0.2, -0.15) is 4.37 Å². The van der Waals surface area contributed by atoms with Gasteiger partial charge in [0.15, 0.2) is 15.7 Å². The fourth-order valence-corrected chi connectivity index (χ4v) is 3.67. The van der Waals surface area contributed by atoms with Gasteiger partial charge in [0.25, 0.3) is 0 Å². The molecule has 0 atom stereocenters. The Morgan fingerprint density at radius 2 is 2.10 bits per heavy atom. The first-order valence-corrected chi connectivity index (χ1v) is 8.08. The summed E-state index contributed by atoms with van der Waals surface area (Å²) in [5.74, 6) is -1.49.